The first-order valence-electron chi connectivity index (χ1n) is 9.62. The summed E-state index contributed by atoms with van der Waals surface area (Å²) in [5, 5.41) is 4.76. The summed E-state index contributed by atoms with van der Waals surface area (Å²) in [5.74, 6) is -0.0609. The van der Waals surface area contributed by atoms with Crippen LogP contribution in [0.25, 0.3) is 10.9 Å². The van der Waals surface area contributed by atoms with Gasteiger partial charge in [0, 0.05) is 42.8 Å². The predicted molar refractivity (Wildman–Crippen MR) is 104 cm³/mol. The number of anilines is 1. The van der Waals surface area contributed by atoms with Crippen molar-refractivity contribution >= 4 is 22.5 Å². The number of carbonyl (C=O) groups excluding carboxylic acids is 1. The number of benzene rings is 1. The highest BCUT2D eigenvalue weighted by Gasteiger charge is 2.33. The molecule has 2 atom stereocenters. The summed E-state index contributed by atoms with van der Waals surface area (Å²) >= 11 is 0. The number of nitrogens with zero attached hydrogens (tertiary/aromatic N) is 3. The Hall–Kier alpha value is -2.25. The number of carbonyl (C=O) groups is 1. The molecule has 0 saturated carbocycles. The van der Waals surface area contributed by atoms with Gasteiger partial charge < -0.3 is 16.0 Å². The quantitative estimate of drug-likeness (QED) is 0.860. The van der Waals surface area contributed by atoms with Gasteiger partial charge >= 0.3 is 0 Å². The Bertz CT molecular complexity index is 803. The number of aromatic nitrogens is 1. The van der Waals surface area contributed by atoms with Crippen LogP contribution in [0, 0.1) is 0 Å². The van der Waals surface area contributed by atoms with Gasteiger partial charge in [0.1, 0.15) is 6.17 Å². The Balaban J connectivity index is 1.31. The van der Waals surface area contributed by atoms with Gasteiger partial charge in [-0.2, -0.15) is 0 Å². The molecule has 4 rings (SSSR count). The molecule has 1 aromatic carbocycles. The molecule has 2 saturated heterocycles. The van der Waals surface area contributed by atoms with E-state index in [0.717, 1.165) is 42.5 Å². The highest BCUT2D eigenvalue weighted by Crippen LogP contribution is 2.24. The van der Waals surface area contributed by atoms with Crippen molar-refractivity contribution in [1.29, 1.82) is 0 Å². The summed E-state index contributed by atoms with van der Waals surface area (Å²) in [6, 6.07) is 10.5. The largest absolute Gasteiger partial charge is 0.382 e. The first-order chi connectivity index (χ1) is 13.1. The average Bonchev–Trinajstić information content (AvgIpc) is 3.02. The standard InChI is InChI=1S/C20H26FN5O/c21-14-11-19(22)26(12-14)20(27)13-25-9-6-15(7-10-25)24-18-5-1-4-17-16(18)3-2-8-23-17/h1-5,8,14-15,19,24H,6-7,9-13,22H2/t14-,19-/m0/s1. The van der Waals surface area contributed by atoms with Crippen LogP contribution in [-0.4, -0.2) is 65.2 Å². The third-order valence-corrected chi connectivity index (χ3v) is 5.56. The van der Waals surface area contributed by atoms with Crippen LogP contribution in [0.2, 0.25) is 0 Å². The zero-order valence-electron chi connectivity index (χ0n) is 15.4. The maximum absolute atomic E-state index is 13.4. The Labute approximate surface area is 158 Å². The first-order valence-corrected chi connectivity index (χ1v) is 9.62. The number of alkyl halides is 1. The van der Waals surface area contributed by atoms with Crippen LogP contribution in [0.1, 0.15) is 19.3 Å². The second-order valence-electron chi connectivity index (χ2n) is 7.52. The van der Waals surface area contributed by atoms with Crippen LogP contribution in [0.15, 0.2) is 36.5 Å². The number of hydrogen-bond acceptors (Lipinski definition) is 5. The lowest BCUT2D eigenvalue weighted by atomic mass is 10.0. The summed E-state index contributed by atoms with van der Waals surface area (Å²) < 4.78 is 13.4. The van der Waals surface area contributed by atoms with E-state index in [1.54, 1.807) is 6.20 Å². The summed E-state index contributed by atoms with van der Waals surface area (Å²) in [4.78, 5) is 20.4. The summed E-state index contributed by atoms with van der Waals surface area (Å²) in [6.45, 7) is 2.14. The second kappa shape index (κ2) is 7.78. The molecule has 3 heterocycles. The van der Waals surface area contributed by atoms with Gasteiger partial charge in [-0.25, -0.2) is 4.39 Å². The number of halogens is 1. The van der Waals surface area contributed by atoms with Crippen molar-refractivity contribution in [1.82, 2.24) is 14.8 Å². The minimum atomic E-state index is -0.992. The smallest absolute Gasteiger partial charge is 0.238 e. The molecule has 0 spiro atoms. The lowest BCUT2D eigenvalue weighted by molar-refractivity contribution is -0.133. The molecule has 6 nitrogen and oxygen atoms in total. The van der Waals surface area contributed by atoms with Gasteiger partial charge in [-0.3, -0.25) is 14.7 Å². The van der Waals surface area contributed by atoms with Gasteiger partial charge in [0.05, 0.1) is 24.8 Å². The predicted octanol–water partition coefficient (Wildman–Crippen LogP) is 1.97. The Morgan fingerprint density at radius 2 is 2.07 bits per heavy atom. The molecular weight excluding hydrogens is 345 g/mol. The lowest BCUT2D eigenvalue weighted by Gasteiger charge is -2.34. The van der Waals surface area contributed by atoms with E-state index in [9.17, 15) is 9.18 Å². The van der Waals surface area contributed by atoms with E-state index in [1.807, 2.05) is 18.2 Å². The van der Waals surface area contributed by atoms with E-state index in [4.69, 9.17) is 5.73 Å². The molecule has 2 fully saturated rings. The van der Waals surface area contributed by atoms with Crippen LogP contribution >= 0.6 is 0 Å². The number of piperidine rings is 1. The number of nitrogens with one attached hydrogen (secondary N) is 1. The van der Waals surface area contributed by atoms with Gasteiger partial charge in [-0.1, -0.05) is 6.07 Å². The molecule has 2 aliphatic rings. The third-order valence-electron chi connectivity index (χ3n) is 5.56. The summed E-state index contributed by atoms with van der Waals surface area (Å²) in [7, 11) is 0. The van der Waals surface area contributed by atoms with Crippen LogP contribution in [0.5, 0.6) is 0 Å². The van der Waals surface area contributed by atoms with Gasteiger partial charge in [-0.15, -0.1) is 0 Å². The fourth-order valence-corrected chi connectivity index (χ4v) is 4.07. The maximum Gasteiger partial charge on any atom is 0.238 e. The van der Waals surface area contributed by atoms with Crippen molar-refractivity contribution in [2.75, 3.05) is 31.5 Å². The third kappa shape index (κ3) is 4.04. The molecule has 3 N–H and O–H groups in total. The van der Waals surface area contributed by atoms with Gasteiger partial charge in [0.2, 0.25) is 5.91 Å². The fourth-order valence-electron chi connectivity index (χ4n) is 4.07. The Morgan fingerprint density at radius 1 is 1.26 bits per heavy atom. The van der Waals surface area contributed by atoms with Gasteiger partial charge in [0.25, 0.3) is 0 Å². The molecule has 1 aromatic heterocycles. The maximum atomic E-state index is 13.4. The number of hydrogen-bond donors (Lipinski definition) is 2. The Kier molecular flexibility index (Phi) is 5.22. The van der Waals surface area contributed by atoms with Gasteiger partial charge in [-0.05, 0) is 37.1 Å². The van der Waals surface area contributed by atoms with Crippen molar-refractivity contribution < 1.29 is 9.18 Å². The van der Waals surface area contributed by atoms with Crippen molar-refractivity contribution in [3.8, 4) is 0 Å². The minimum Gasteiger partial charge on any atom is -0.382 e. The van der Waals surface area contributed by atoms with E-state index >= 15 is 0 Å². The minimum absolute atomic E-state index is 0.0609. The molecule has 2 aliphatic heterocycles. The zero-order chi connectivity index (χ0) is 18.8. The van der Waals surface area contributed by atoms with Crippen LogP contribution in [0.4, 0.5) is 10.1 Å². The highest BCUT2D eigenvalue weighted by molar-refractivity contribution is 5.91. The summed E-state index contributed by atoms with van der Waals surface area (Å²) in [5.41, 5.74) is 7.95. The first kappa shape index (κ1) is 18.1. The molecule has 0 bridgehead atoms. The molecule has 27 heavy (non-hydrogen) atoms. The molecule has 7 heteroatoms. The van der Waals surface area contributed by atoms with Crippen molar-refractivity contribution in [2.45, 2.75) is 37.6 Å². The van der Waals surface area contributed by atoms with Crippen molar-refractivity contribution in [2.24, 2.45) is 5.73 Å². The molecule has 1 amide bonds. The van der Waals surface area contributed by atoms with Crippen molar-refractivity contribution in [3.05, 3.63) is 36.5 Å². The number of amides is 1. The molecule has 0 aliphatic carbocycles. The number of rotatable bonds is 4. The SMILES string of the molecule is N[C@@H]1C[C@H](F)CN1C(=O)CN1CCC(Nc2cccc3ncccc23)CC1. The second-order valence-corrected chi connectivity index (χ2v) is 7.52. The van der Waals surface area contributed by atoms with Gasteiger partial charge in [0.15, 0.2) is 0 Å². The molecule has 0 radical (unpaired) electrons. The van der Waals surface area contributed by atoms with E-state index in [2.05, 4.69) is 27.3 Å². The van der Waals surface area contributed by atoms with E-state index in [-0.39, 0.29) is 18.9 Å². The topological polar surface area (TPSA) is 74.5 Å². The van der Waals surface area contributed by atoms with Crippen LogP contribution in [-0.2, 0) is 4.79 Å². The van der Waals surface area contributed by atoms with Crippen molar-refractivity contribution in [3.63, 3.8) is 0 Å². The monoisotopic (exact) mass is 371 g/mol. The van der Waals surface area contributed by atoms with E-state index in [1.165, 1.54) is 4.90 Å². The zero-order valence-corrected chi connectivity index (χ0v) is 15.4. The summed E-state index contributed by atoms with van der Waals surface area (Å²) in [6.07, 6.45) is 2.50. The molecular formula is C20H26FN5O. The molecule has 0 unspecified atom stereocenters. The fraction of sp³-hybridized carbons (Fsp3) is 0.500. The number of pyridine rings is 1. The van der Waals surface area contributed by atoms with E-state index < -0.39 is 12.3 Å². The normalized spacial score (nSPS) is 24.4. The number of likely N-dealkylation sites (tertiary alicyclic amines) is 2. The lowest BCUT2D eigenvalue weighted by Crippen LogP contribution is -2.48. The Morgan fingerprint density at radius 3 is 2.81 bits per heavy atom. The van der Waals surface area contributed by atoms with E-state index in [0.29, 0.717) is 12.6 Å². The molecule has 2 aromatic rings. The number of nitrogens with two attached hydrogens (primary N) is 1. The highest BCUT2D eigenvalue weighted by atomic mass is 19.1. The van der Waals surface area contributed by atoms with Crippen LogP contribution < -0.4 is 11.1 Å². The average molecular weight is 371 g/mol. The number of fused-ring (bicyclic) bond motifs is 1. The van der Waals surface area contributed by atoms with Crippen LogP contribution in [0.3, 0.4) is 0 Å². The molecule has 144 valence electrons.